The monoisotopic (exact) mass is 1300 g/mol. The fourth-order valence-electron chi connectivity index (χ4n) is 0.137. The number of rotatable bonds is 0. The van der Waals surface area contributed by atoms with Crippen molar-refractivity contribution in [3.05, 3.63) is 0 Å². The molecule has 4 nitrogen and oxygen atoms in total. The quantitative estimate of drug-likeness (QED) is 0.273. The van der Waals surface area contributed by atoms with E-state index in [1.807, 2.05) is 0 Å². The third-order valence-corrected chi connectivity index (χ3v) is 5.29. The number of hydrogen-bond acceptors (Lipinski definition) is 2. The van der Waals surface area contributed by atoms with E-state index in [1.54, 1.807) is 0 Å². The summed E-state index contributed by atoms with van der Waals surface area (Å²) in [6.45, 7) is 2.96. The van der Waals surface area contributed by atoms with Crippen LogP contribution in [0.1, 0.15) is 13.8 Å². The van der Waals surface area contributed by atoms with Crippen molar-refractivity contribution in [1.82, 2.24) is 0 Å². The van der Waals surface area contributed by atoms with E-state index in [0.717, 1.165) is 60.2 Å². The number of nitrogens with zero attached hydrogens (tertiary/aromatic N) is 2. The van der Waals surface area contributed by atoms with Crippen molar-refractivity contribution < 1.29 is 9.59 Å². The molecule has 0 spiro atoms. The SMILES string of the molecule is CC(=O)[N]=[Ga][I].CC(=O)[N]=[Ga][I].[GaH2][I].[GaH2][I].[GaH2][I].[GaH2][I]. The molecule has 20 heavy (non-hydrogen) atoms. The standard InChI is InChI=1S/2C2H3NO.6Ga.6HI.8H/c2*1-2(3)4;;;;;;;;;;;;;;;;;;;;/h2*1H3;;;;;;;6*1H;;;;;;;;/q;;6*+1;;;;;;;;;;;;;;/p-6. The van der Waals surface area contributed by atoms with E-state index in [2.05, 4.69) is 125 Å². The molecule has 0 aliphatic rings. The number of carbonyl (C=O) groups excluding carboxylic acids is 2. The molecule has 0 heterocycles. The van der Waals surface area contributed by atoms with E-state index < -0.39 is 27.3 Å². The molecule has 0 atom stereocenters. The van der Waals surface area contributed by atoms with Gasteiger partial charge in [0.2, 0.25) is 0 Å². The molecule has 2 amide bonds. The topological polar surface area (TPSA) is 58.9 Å². The zero-order valence-corrected chi connectivity index (χ0v) is 46.7. The maximum atomic E-state index is 9.91. The third-order valence-electron chi connectivity index (χ3n) is 0.461. The Kier molecular flexibility index (Phi) is 117. The second kappa shape index (κ2) is 56.2. The summed E-state index contributed by atoms with van der Waals surface area (Å²) >= 11 is 16.8. The average Bonchev–Trinajstić information content (AvgIpc) is 2.48. The van der Waals surface area contributed by atoms with Gasteiger partial charge < -0.3 is 0 Å². The predicted molar refractivity (Wildman–Crippen MR) is 156 cm³/mol. The number of amides is 2. The Balaban J connectivity index is -0.0000000328. The van der Waals surface area contributed by atoms with Gasteiger partial charge in [-0.2, -0.15) is 0 Å². The van der Waals surface area contributed by atoms with Crippen LogP contribution in [0.4, 0.5) is 0 Å². The van der Waals surface area contributed by atoms with Crippen molar-refractivity contribution >= 4 is 217 Å². The minimum absolute atomic E-state index is 0.0237. The summed E-state index contributed by atoms with van der Waals surface area (Å²) in [6, 6.07) is 0. The van der Waals surface area contributed by atoms with Gasteiger partial charge in [-0.1, -0.05) is 0 Å². The Labute approximate surface area is 241 Å². The average molecular weight is 1300 g/mol. The van der Waals surface area contributed by atoms with Crippen LogP contribution >= 0.6 is 118 Å². The van der Waals surface area contributed by atoms with Crippen molar-refractivity contribution in [1.29, 1.82) is 0 Å². The first kappa shape index (κ1) is 41.5. The van der Waals surface area contributed by atoms with Crippen LogP contribution in [0.2, 0.25) is 0 Å². The Morgan fingerprint density at radius 1 is 0.700 bits per heavy atom. The molecule has 0 bridgehead atoms. The van der Waals surface area contributed by atoms with Crippen LogP contribution in [-0.2, 0) is 9.59 Å². The molecule has 0 rings (SSSR count). The second-order valence-corrected chi connectivity index (χ2v) is 9.18. The van der Waals surface area contributed by atoms with Gasteiger partial charge in [-0.05, 0) is 0 Å². The molecule has 0 aromatic carbocycles. The predicted octanol–water partition coefficient (Wildman–Crippen LogP) is 1.42. The van der Waals surface area contributed by atoms with Crippen LogP contribution < -0.4 is 0 Å². The molecule has 0 aromatic rings. The molecule has 112 valence electrons. The van der Waals surface area contributed by atoms with Gasteiger partial charge in [-0.15, -0.1) is 0 Å². The summed E-state index contributed by atoms with van der Waals surface area (Å²) < 4.78 is 7.26. The fourth-order valence-corrected chi connectivity index (χ4v) is 4.79. The van der Waals surface area contributed by atoms with Gasteiger partial charge in [-0.25, -0.2) is 0 Å². The first-order valence-electron chi connectivity index (χ1n) is 4.32. The number of carbonyl (C=O) groups is 2. The first-order valence-corrected chi connectivity index (χ1v) is 72.5. The minimum atomic E-state index is -0.509. The molecule has 16 heteroatoms. The van der Waals surface area contributed by atoms with Gasteiger partial charge in [0.25, 0.3) is 0 Å². The normalized spacial score (nSPS) is 6.00. The van der Waals surface area contributed by atoms with Crippen LogP contribution in [-0.4, -0.2) is 99.4 Å². The second-order valence-electron chi connectivity index (χ2n) is 1.49. The van der Waals surface area contributed by atoms with E-state index in [4.69, 9.17) is 0 Å². The fraction of sp³-hybridized carbons (Fsp3) is 0.500. The molecule has 0 aliphatic heterocycles. The zero-order valence-electron chi connectivity index (χ0n) is 12.1. The van der Waals surface area contributed by atoms with Crippen molar-refractivity contribution in [2.75, 3.05) is 0 Å². The summed E-state index contributed by atoms with van der Waals surface area (Å²) in [7, 11) is 0. The van der Waals surface area contributed by atoms with Crippen LogP contribution in [0.5, 0.6) is 0 Å². The van der Waals surface area contributed by atoms with Crippen LogP contribution in [0.15, 0.2) is 7.29 Å². The Morgan fingerprint density at radius 2 is 0.850 bits per heavy atom. The Bertz CT molecular complexity index is 202. The molecule has 0 N–H and O–H groups in total. The van der Waals surface area contributed by atoms with Gasteiger partial charge in [0.05, 0.1) is 0 Å². The van der Waals surface area contributed by atoms with Gasteiger partial charge in [-0.3, -0.25) is 0 Å². The van der Waals surface area contributed by atoms with E-state index in [1.165, 1.54) is 13.8 Å². The van der Waals surface area contributed by atoms with Gasteiger partial charge in [0, 0.05) is 0 Å². The molecular weight excluding hydrogens is 1290 g/mol. The van der Waals surface area contributed by atoms with E-state index >= 15 is 0 Å². The van der Waals surface area contributed by atoms with E-state index in [9.17, 15) is 9.59 Å². The van der Waals surface area contributed by atoms with Crippen LogP contribution in [0.25, 0.3) is 0 Å². The summed E-state index contributed by atoms with van der Waals surface area (Å²) in [4.78, 5) is 19.8. The van der Waals surface area contributed by atoms with Crippen LogP contribution in [0, 0.1) is 0 Å². The third kappa shape index (κ3) is 84.9. The zero-order chi connectivity index (χ0) is 18.0. The van der Waals surface area contributed by atoms with Gasteiger partial charge in [0.15, 0.2) is 0 Å². The number of hydrogen-bond donors (Lipinski definition) is 0. The molecule has 0 aromatic heterocycles. The van der Waals surface area contributed by atoms with Crippen molar-refractivity contribution in [3.8, 4) is 0 Å². The first-order chi connectivity index (χ1) is 9.54. The van der Waals surface area contributed by atoms with Gasteiger partial charge in [0.1, 0.15) is 0 Å². The molecular formula is C4H14Ga6I6N2O2. The summed E-state index contributed by atoms with van der Waals surface area (Å²) in [5.74, 6) is -0.0474. The summed E-state index contributed by atoms with van der Waals surface area (Å²) in [5, 5.41) is 0. The van der Waals surface area contributed by atoms with E-state index in [0.29, 0.717) is 0 Å². The van der Waals surface area contributed by atoms with E-state index in [-0.39, 0.29) is 11.8 Å². The summed E-state index contributed by atoms with van der Waals surface area (Å²) in [5.41, 5.74) is 0. The van der Waals surface area contributed by atoms with Crippen LogP contribution in [0.3, 0.4) is 0 Å². The van der Waals surface area contributed by atoms with Gasteiger partial charge >= 0.3 is 248 Å². The molecule has 0 saturated heterocycles. The molecule has 0 aliphatic carbocycles. The Morgan fingerprint density at radius 3 is 0.850 bits per heavy atom. The van der Waals surface area contributed by atoms with Crippen molar-refractivity contribution in [3.63, 3.8) is 0 Å². The maximum absolute atomic E-state index is 9.91. The number of halogens is 6. The van der Waals surface area contributed by atoms with Crippen molar-refractivity contribution in [2.45, 2.75) is 13.8 Å². The molecule has 0 unspecified atom stereocenters. The van der Waals surface area contributed by atoms with Crippen molar-refractivity contribution in [2.24, 2.45) is 7.29 Å². The molecule has 0 radical (unpaired) electrons. The summed E-state index contributed by atoms with van der Waals surface area (Å²) in [6.07, 6.45) is 0. The Hall–Kier alpha value is 7.14. The molecule has 0 fully saturated rings. The molecule has 0 saturated carbocycles.